The standard InChI is InChI=1S/C24H19BrO3/c1-15-3-4-16(2)18(11-15)14-27-20-9-10-21-22(13-20)28-23(24(21)26)12-17-5-7-19(25)8-6-17/h3-13H,14H2,1-2H3. The number of fused-ring (bicyclic) bond motifs is 1. The fourth-order valence-electron chi connectivity index (χ4n) is 3.08. The van der Waals surface area contributed by atoms with Crippen LogP contribution in [-0.2, 0) is 6.61 Å². The molecule has 0 bridgehead atoms. The lowest BCUT2D eigenvalue weighted by Crippen LogP contribution is -1.99. The molecule has 0 saturated carbocycles. The predicted molar refractivity (Wildman–Crippen MR) is 114 cm³/mol. The monoisotopic (exact) mass is 434 g/mol. The van der Waals surface area contributed by atoms with Crippen LogP contribution in [0.25, 0.3) is 6.08 Å². The Bertz CT molecular complexity index is 1080. The van der Waals surface area contributed by atoms with Crippen LogP contribution in [0.1, 0.15) is 32.6 Å². The molecule has 1 heterocycles. The fourth-order valence-corrected chi connectivity index (χ4v) is 3.35. The molecule has 0 spiro atoms. The van der Waals surface area contributed by atoms with E-state index in [2.05, 4.69) is 48.0 Å². The van der Waals surface area contributed by atoms with Crippen LogP contribution in [0, 0.1) is 13.8 Å². The summed E-state index contributed by atoms with van der Waals surface area (Å²) in [5.41, 5.74) is 5.01. The second kappa shape index (κ2) is 7.64. The molecule has 0 aliphatic carbocycles. The third-order valence-corrected chi connectivity index (χ3v) is 5.24. The average molecular weight is 435 g/mol. The van der Waals surface area contributed by atoms with E-state index in [4.69, 9.17) is 9.47 Å². The Labute approximate surface area is 172 Å². The summed E-state index contributed by atoms with van der Waals surface area (Å²) in [6.07, 6.45) is 1.76. The number of ether oxygens (including phenoxy) is 2. The zero-order valence-corrected chi connectivity index (χ0v) is 17.2. The van der Waals surface area contributed by atoms with Crippen LogP contribution in [0.15, 0.2) is 70.9 Å². The Morgan fingerprint density at radius 2 is 1.79 bits per heavy atom. The van der Waals surface area contributed by atoms with E-state index in [0.717, 1.165) is 15.6 Å². The SMILES string of the molecule is Cc1ccc(C)c(COc2ccc3c(c2)OC(=Cc2ccc(Br)cc2)C3=O)c1. The van der Waals surface area contributed by atoms with Crippen LogP contribution in [0.2, 0.25) is 0 Å². The van der Waals surface area contributed by atoms with Gasteiger partial charge in [-0.1, -0.05) is 51.8 Å². The topological polar surface area (TPSA) is 35.5 Å². The molecule has 0 N–H and O–H groups in total. The summed E-state index contributed by atoms with van der Waals surface area (Å²) < 4.78 is 12.7. The highest BCUT2D eigenvalue weighted by molar-refractivity contribution is 9.10. The van der Waals surface area contributed by atoms with Crippen molar-refractivity contribution >= 4 is 27.8 Å². The van der Waals surface area contributed by atoms with Crippen molar-refractivity contribution in [1.29, 1.82) is 0 Å². The first-order valence-corrected chi connectivity index (χ1v) is 9.82. The summed E-state index contributed by atoms with van der Waals surface area (Å²) in [6.45, 7) is 4.61. The molecule has 0 saturated heterocycles. The van der Waals surface area contributed by atoms with Crippen LogP contribution in [-0.4, -0.2) is 5.78 Å². The first-order valence-electron chi connectivity index (χ1n) is 9.02. The molecular formula is C24H19BrO3. The smallest absolute Gasteiger partial charge is 0.231 e. The predicted octanol–water partition coefficient (Wildman–Crippen LogP) is 6.26. The van der Waals surface area contributed by atoms with Gasteiger partial charge in [-0.3, -0.25) is 4.79 Å². The number of Topliss-reactive ketones (excluding diaryl/α,β-unsaturated/α-hetero) is 1. The Morgan fingerprint density at radius 3 is 2.57 bits per heavy atom. The van der Waals surface area contributed by atoms with Crippen molar-refractivity contribution in [3.8, 4) is 11.5 Å². The van der Waals surface area contributed by atoms with Crippen molar-refractivity contribution in [2.45, 2.75) is 20.5 Å². The Hall–Kier alpha value is -2.85. The maximum Gasteiger partial charge on any atom is 0.231 e. The molecule has 0 unspecified atom stereocenters. The molecule has 140 valence electrons. The largest absolute Gasteiger partial charge is 0.489 e. The molecular weight excluding hydrogens is 416 g/mol. The number of benzene rings is 3. The average Bonchev–Trinajstić information content (AvgIpc) is 2.99. The molecule has 1 aliphatic rings. The quantitative estimate of drug-likeness (QED) is 0.454. The summed E-state index contributed by atoms with van der Waals surface area (Å²) in [5.74, 6) is 1.42. The van der Waals surface area contributed by atoms with Crippen molar-refractivity contribution < 1.29 is 14.3 Å². The molecule has 0 atom stereocenters. The zero-order chi connectivity index (χ0) is 19.7. The number of hydrogen-bond acceptors (Lipinski definition) is 3. The van der Waals surface area contributed by atoms with E-state index in [1.807, 2.05) is 30.3 Å². The highest BCUT2D eigenvalue weighted by Crippen LogP contribution is 2.35. The van der Waals surface area contributed by atoms with Crippen LogP contribution in [0.5, 0.6) is 11.5 Å². The lowest BCUT2D eigenvalue weighted by molar-refractivity contribution is 0.101. The summed E-state index contributed by atoms with van der Waals surface area (Å²) in [7, 11) is 0. The number of ketones is 1. The van der Waals surface area contributed by atoms with E-state index >= 15 is 0 Å². The van der Waals surface area contributed by atoms with E-state index in [9.17, 15) is 4.79 Å². The molecule has 0 aromatic heterocycles. The lowest BCUT2D eigenvalue weighted by Gasteiger charge is -2.10. The van der Waals surface area contributed by atoms with Crippen molar-refractivity contribution in [3.05, 3.63) is 98.7 Å². The van der Waals surface area contributed by atoms with Crippen LogP contribution < -0.4 is 9.47 Å². The van der Waals surface area contributed by atoms with E-state index in [-0.39, 0.29) is 5.78 Å². The number of allylic oxidation sites excluding steroid dienone is 1. The van der Waals surface area contributed by atoms with Crippen LogP contribution >= 0.6 is 15.9 Å². The molecule has 4 rings (SSSR count). The normalized spacial score (nSPS) is 14.1. The minimum atomic E-state index is -0.112. The van der Waals surface area contributed by atoms with Gasteiger partial charge in [-0.2, -0.15) is 0 Å². The van der Waals surface area contributed by atoms with Gasteiger partial charge in [0.2, 0.25) is 5.78 Å². The van der Waals surface area contributed by atoms with Crippen molar-refractivity contribution in [3.63, 3.8) is 0 Å². The van der Waals surface area contributed by atoms with Gasteiger partial charge in [0.1, 0.15) is 18.1 Å². The number of carbonyl (C=O) groups excluding carboxylic acids is 1. The van der Waals surface area contributed by atoms with Crippen LogP contribution in [0.3, 0.4) is 0 Å². The van der Waals surface area contributed by atoms with Gasteiger partial charge in [-0.15, -0.1) is 0 Å². The molecule has 0 radical (unpaired) electrons. The molecule has 0 amide bonds. The molecule has 0 fully saturated rings. The number of hydrogen-bond donors (Lipinski definition) is 0. The van der Waals surface area contributed by atoms with E-state index in [1.54, 1.807) is 18.2 Å². The van der Waals surface area contributed by atoms with Gasteiger partial charge in [0.25, 0.3) is 0 Å². The fraction of sp³-hybridized carbons (Fsp3) is 0.125. The molecule has 1 aliphatic heterocycles. The highest BCUT2D eigenvalue weighted by Gasteiger charge is 2.27. The summed E-state index contributed by atoms with van der Waals surface area (Å²) in [5, 5.41) is 0. The molecule has 4 heteroatoms. The molecule has 28 heavy (non-hydrogen) atoms. The third-order valence-electron chi connectivity index (χ3n) is 4.71. The molecule has 3 aromatic carbocycles. The first kappa shape index (κ1) is 18.5. The van der Waals surface area contributed by atoms with Crippen LogP contribution in [0.4, 0.5) is 0 Å². The maximum absolute atomic E-state index is 12.6. The zero-order valence-electron chi connectivity index (χ0n) is 15.7. The second-order valence-corrected chi connectivity index (χ2v) is 7.78. The Morgan fingerprint density at radius 1 is 1.00 bits per heavy atom. The van der Waals surface area contributed by atoms with Crippen molar-refractivity contribution in [1.82, 2.24) is 0 Å². The van der Waals surface area contributed by atoms with Gasteiger partial charge >= 0.3 is 0 Å². The van der Waals surface area contributed by atoms with Gasteiger partial charge in [-0.05, 0) is 60.9 Å². The van der Waals surface area contributed by atoms with E-state index in [1.165, 1.54) is 11.1 Å². The number of rotatable bonds is 4. The van der Waals surface area contributed by atoms with Crippen molar-refractivity contribution in [2.24, 2.45) is 0 Å². The number of carbonyl (C=O) groups is 1. The molecule has 3 nitrogen and oxygen atoms in total. The second-order valence-electron chi connectivity index (χ2n) is 6.87. The van der Waals surface area contributed by atoms with E-state index < -0.39 is 0 Å². The Balaban J connectivity index is 1.52. The third kappa shape index (κ3) is 3.87. The summed E-state index contributed by atoms with van der Waals surface area (Å²) >= 11 is 3.41. The molecule has 3 aromatic rings. The van der Waals surface area contributed by atoms with Crippen molar-refractivity contribution in [2.75, 3.05) is 0 Å². The minimum Gasteiger partial charge on any atom is -0.489 e. The van der Waals surface area contributed by atoms with Gasteiger partial charge in [0.05, 0.1) is 5.56 Å². The minimum absolute atomic E-state index is 0.112. The summed E-state index contributed by atoms with van der Waals surface area (Å²) in [6, 6.07) is 19.4. The van der Waals surface area contributed by atoms with Gasteiger partial charge in [0, 0.05) is 10.5 Å². The number of aryl methyl sites for hydroxylation is 2. The first-order chi connectivity index (χ1) is 13.5. The summed E-state index contributed by atoms with van der Waals surface area (Å²) in [4.78, 5) is 12.6. The maximum atomic E-state index is 12.6. The van der Waals surface area contributed by atoms with Gasteiger partial charge < -0.3 is 9.47 Å². The van der Waals surface area contributed by atoms with Gasteiger partial charge in [-0.25, -0.2) is 0 Å². The van der Waals surface area contributed by atoms with E-state index in [0.29, 0.717) is 29.4 Å². The van der Waals surface area contributed by atoms with Gasteiger partial charge in [0.15, 0.2) is 5.76 Å². The number of halogens is 1. The lowest BCUT2D eigenvalue weighted by atomic mass is 10.1. The Kier molecular flexibility index (Phi) is 5.05. The highest BCUT2D eigenvalue weighted by atomic mass is 79.9.